The lowest BCUT2D eigenvalue weighted by molar-refractivity contribution is 0.171. The van der Waals surface area contributed by atoms with E-state index in [0.29, 0.717) is 42.9 Å². The molecule has 154 valence electrons. The molecule has 2 aromatic rings. The van der Waals surface area contributed by atoms with Crippen LogP contribution in [0.3, 0.4) is 0 Å². The van der Waals surface area contributed by atoms with Crippen molar-refractivity contribution < 1.29 is 14.3 Å². The number of likely N-dealkylation sites (tertiary alicyclic amines) is 1. The quantitative estimate of drug-likeness (QED) is 0.770. The minimum Gasteiger partial charge on any atom is -0.486 e. The van der Waals surface area contributed by atoms with E-state index in [0.717, 1.165) is 37.5 Å². The summed E-state index contributed by atoms with van der Waals surface area (Å²) in [7, 11) is 0. The molecule has 0 aliphatic carbocycles. The van der Waals surface area contributed by atoms with E-state index in [2.05, 4.69) is 27.7 Å². The van der Waals surface area contributed by atoms with E-state index >= 15 is 0 Å². The second-order valence-electron chi connectivity index (χ2n) is 7.54. The van der Waals surface area contributed by atoms with Crippen LogP contribution in [0.15, 0.2) is 42.5 Å². The van der Waals surface area contributed by atoms with Gasteiger partial charge in [0.2, 0.25) is 0 Å². The average Bonchev–Trinajstić information content (AvgIpc) is 2.75. The predicted octanol–water partition coefficient (Wildman–Crippen LogP) is 4.14. The largest absolute Gasteiger partial charge is 0.486 e. The zero-order valence-corrected chi connectivity index (χ0v) is 17.1. The van der Waals surface area contributed by atoms with Crippen LogP contribution in [0.4, 0.5) is 10.5 Å². The van der Waals surface area contributed by atoms with Crippen molar-refractivity contribution in [2.45, 2.75) is 19.4 Å². The lowest BCUT2D eigenvalue weighted by atomic mass is 9.96. The first-order valence-electron chi connectivity index (χ1n) is 10.1. The van der Waals surface area contributed by atoms with Gasteiger partial charge in [-0.25, -0.2) is 4.79 Å². The maximum atomic E-state index is 12.2. The number of benzene rings is 2. The third-order valence-corrected chi connectivity index (χ3v) is 5.63. The molecule has 6 nitrogen and oxygen atoms in total. The number of urea groups is 1. The van der Waals surface area contributed by atoms with Gasteiger partial charge in [0.15, 0.2) is 11.5 Å². The first-order valence-corrected chi connectivity index (χ1v) is 10.4. The number of fused-ring (bicyclic) bond motifs is 1. The van der Waals surface area contributed by atoms with E-state index in [9.17, 15) is 4.79 Å². The summed E-state index contributed by atoms with van der Waals surface area (Å²) < 4.78 is 11.0. The Morgan fingerprint density at radius 3 is 2.52 bits per heavy atom. The summed E-state index contributed by atoms with van der Waals surface area (Å²) in [6.07, 6.45) is 2.16. The van der Waals surface area contributed by atoms with E-state index in [1.165, 1.54) is 5.56 Å². The van der Waals surface area contributed by atoms with Crippen molar-refractivity contribution in [1.29, 1.82) is 0 Å². The van der Waals surface area contributed by atoms with Crippen LogP contribution in [-0.4, -0.2) is 43.8 Å². The van der Waals surface area contributed by atoms with Crippen LogP contribution in [0.2, 0.25) is 5.02 Å². The Bertz CT molecular complexity index is 836. The summed E-state index contributed by atoms with van der Waals surface area (Å²) in [5.41, 5.74) is 1.98. The topological polar surface area (TPSA) is 62.8 Å². The smallest absolute Gasteiger partial charge is 0.319 e. The molecule has 0 saturated carbocycles. The molecule has 0 bridgehead atoms. The molecule has 2 heterocycles. The molecule has 1 fully saturated rings. The van der Waals surface area contributed by atoms with E-state index < -0.39 is 0 Å². The van der Waals surface area contributed by atoms with Crippen LogP contribution in [0.25, 0.3) is 0 Å². The number of halogens is 1. The average molecular weight is 416 g/mol. The van der Waals surface area contributed by atoms with Crippen LogP contribution in [-0.2, 0) is 6.54 Å². The highest BCUT2D eigenvalue weighted by molar-refractivity contribution is 6.30. The Balaban J connectivity index is 1.18. The van der Waals surface area contributed by atoms with Gasteiger partial charge in [0.05, 0.1) is 0 Å². The van der Waals surface area contributed by atoms with E-state index in [-0.39, 0.29) is 6.03 Å². The number of carbonyl (C=O) groups is 1. The number of piperidine rings is 1. The van der Waals surface area contributed by atoms with Gasteiger partial charge >= 0.3 is 6.03 Å². The number of hydrogen-bond donors (Lipinski definition) is 2. The lowest BCUT2D eigenvalue weighted by Crippen LogP contribution is -2.39. The number of rotatable bonds is 5. The third kappa shape index (κ3) is 5.55. The highest BCUT2D eigenvalue weighted by Crippen LogP contribution is 2.32. The molecular formula is C22H26ClN3O3. The molecular weight excluding hydrogens is 390 g/mol. The zero-order valence-electron chi connectivity index (χ0n) is 16.3. The molecule has 1 saturated heterocycles. The van der Waals surface area contributed by atoms with E-state index in [1.807, 2.05) is 24.3 Å². The van der Waals surface area contributed by atoms with Gasteiger partial charge in [0.1, 0.15) is 13.2 Å². The van der Waals surface area contributed by atoms with Crippen LogP contribution in [0.1, 0.15) is 18.4 Å². The van der Waals surface area contributed by atoms with Crippen LogP contribution in [0.5, 0.6) is 11.5 Å². The summed E-state index contributed by atoms with van der Waals surface area (Å²) in [6, 6.07) is 13.3. The number of hydrogen-bond acceptors (Lipinski definition) is 4. The number of nitrogens with zero attached hydrogens (tertiary/aromatic N) is 1. The van der Waals surface area contributed by atoms with Gasteiger partial charge in [0, 0.05) is 29.9 Å². The molecule has 0 spiro atoms. The normalized spacial score (nSPS) is 17.0. The Labute approximate surface area is 176 Å². The highest BCUT2D eigenvalue weighted by atomic mass is 35.5. The summed E-state index contributed by atoms with van der Waals surface area (Å²) in [5, 5.41) is 6.64. The molecule has 29 heavy (non-hydrogen) atoms. The molecule has 7 heteroatoms. The maximum absolute atomic E-state index is 12.2. The Hall–Kier alpha value is -2.44. The first-order chi connectivity index (χ1) is 14.2. The Kier molecular flexibility index (Phi) is 6.42. The molecule has 2 amide bonds. The minimum atomic E-state index is -0.190. The van der Waals surface area contributed by atoms with Crippen molar-refractivity contribution in [3.63, 3.8) is 0 Å². The molecule has 0 aromatic heterocycles. The fourth-order valence-corrected chi connectivity index (χ4v) is 3.86. The summed E-state index contributed by atoms with van der Waals surface area (Å²) in [5.74, 6) is 1.89. The van der Waals surface area contributed by atoms with Gasteiger partial charge in [-0.2, -0.15) is 0 Å². The number of amides is 2. The van der Waals surface area contributed by atoms with Crippen molar-refractivity contribution >= 4 is 23.3 Å². The molecule has 0 unspecified atom stereocenters. The molecule has 4 rings (SSSR count). The second kappa shape index (κ2) is 9.37. The summed E-state index contributed by atoms with van der Waals surface area (Å²) in [4.78, 5) is 14.7. The van der Waals surface area contributed by atoms with Gasteiger partial charge in [-0.15, -0.1) is 0 Å². The predicted molar refractivity (Wildman–Crippen MR) is 114 cm³/mol. The van der Waals surface area contributed by atoms with Gasteiger partial charge in [0.25, 0.3) is 0 Å². The van der Waals surface area contributed by atoms with E-state index in [4.69, 9.17) is 21.1 Å². The van der Waals surface area contributed by atoms with Crippen LogP contribution in [0, 0.1) is 5.92 Å². The molecule has 2 N–H and O–H groups in total. The Morgan fingerprint density at radius 2 is 1.76 bits per heavy atom. The third-order valence-electron chi connectivity index (χ3n) is 5.38. The van der Waals surface area contributed by atoms with Gasteiger partial charge in [-0.3, -0.25) is 4.90 Å². The standard InChI is InChI=1S/C22H26ClN3O3/c23-18-3-1-17(2-4-18)15-26-9-7-16(8-10-26)14-24-22(27)25-19-5-6-20-21(13-19)29-12-11-28-20/h1-6,13,16H,7-12,14-15H2,(H2,24,25,27). The first kappa shape index (κ1) is 19.9. The maximum Gasteiger partial charge on any atom is 0.319 e. The molecule has 0 atom stereocenters. The van der Waals surface area contributed by atoms with Gasteiger partial charge in [-0.05, 0) is 61.7 Å². The van der Waals surface area contributed by atoms with Crippen molar-refractivity contribution in [3.05, 3.63) is 53.1 Å². The van der Waals surface area contributed by atoms with Crippen LogP contribution >= 0.6 is 11.6 Å². The van der Waals surface area contributed by atoms with Crippen molar-refractivity contribution in [3.8, 4) is 11.5 Å². The summed E-state index contributed by atoms with van der Waals surface area (Å²) >= 11 is 5.95. The highest BCUT2D eigenvalue weighted by Gasteiger charge is 2.20. The monoisotopic (exact) mass is 415 g/mol. The van der Waals surface area contributed by atoms with Crippen LogP contribution < -0.4 is 20.1 Å². The minimum absolute atomic E-state index is 0.190. The fourth-order valence-electron chi connectivity index (χ4n) is 3.73. The number of nitrogens with one attached hydrogen (secondary N) is 2. The van der Waals surface area contributed by atoms with Gasteiger partial charge < -0.3 is 20.1 Å². The zero-order chi connectivity index (χ0) is 20.1. The van der Waals surface area contributed by atoms with Crippen molar-refractivity contribution in [2.75, 3.05) is 38.2 Å². The molecule has 2 aliphatic rings. The molecule has 0 radical (unpaired) electrons. The fraction of sp³-hybridized carbons (Fsp3) is 0.409. The van der Waals surface area contributed by atoms with Crippen molar-refractivity contribution in [2.24, 2.45) is 5.92 Å². The number of carbonyl (C=O) groups excluding carboxylic acids is 1. The molecule has 2 aliphatic heterocycles. The Morgan fingerprint density at radius 1 is 1.03 bits per heavy atom. The summed E-state index contributed by atoms with van der Waals surface area (Å²) in [6.45, 7) is 4.79. The number of anilines is 1. The second-order valence-corrected chi connectivity index (χ2v) is 7.98. The number of ether oxygens (including phenoxy) is 2. The SMILES string of the molecule is O=C(NCC1CCN(Cc2ccc(Cl)cc2)CC1)Nc1ccc2c(c1)OCCO2. The van der Waals surface area contributed by atoms with Gasteiger partial charge in [-0.1, -0.05) is 23.7 Å². The lowest BCUT2D eigenvalue weighted by Gasteiger charge is -2.32. The molecule has 2 aromatic carbocycles. The van der Waals surface area contributed by atoms with Crippen molar-refractivity contribution in [1.82, 2.24) is 10.2 Å². The van der Waals surface area contributed by atoms with E-state index in [1.54, 1.807) is 6.07 Å².